The maximum absolute atomic E-state index is 5.60. The van der Waals surface area contributed by atoms with Crippen molar-refractivity contribution in [3.05, 3.63) is 24.1 Å². The van der Waals surface area contributed by atoms with E-state index in [-0.39, 0.29) is 6.79 Å². The van der Waals surface area contributed by atoms with Crippen LogP contribution in [0.5, 0.6) is 11.5 Å². The number of benzene rings is 1. The molecule has 6 heteroatoms. The molecule has 0 N–H and O–H groups in total. The molecule has 1 aliphatic rings. The molecule has 17 heavy (non-hydrogen) atoms. The molecule has 3 rings (SSSR count). The molecule has 0 spiro atoms. The Labute approximate surface area is 102 Å². The first-order valence-corrected chi connectivity index (χ1v) is 5.68. The molecular weight excluding hydrogens is 244 g/mol. The highest BCUT2D eigenvalue weighted by Crippen LogP contribution is 2.35. The van der Waals surface area contributed by atoms with Crippen LogP contribution in [0.15, 0.2) is 22.6 Å². The smallest absolute Gasteiger partial charge is 0.247 e. The van der Waals surface area contributed by atoms with E-state index in [1.807, 2.05) is 18.2 Å². The van der Waals surface area contributed by atoms with Crippen molar-refractivity contribution in [2.45, 2.75) is 6.42 Å². The number of alkyl halides is 1. The third-order valence-electron chi connectivity index (χ3n) is 2.39. The predicted molar refractivity (Wildman–Crippen MR) is 60.3 cm³/mol. The molecule has 0 fully saturated rings. The minimum Gasteiger partial charge on any atom is -0.454 e. The second kappa shape index (κ2) is 4.25. The van der Waals surface area contributed by atoms with Crippen molar-refractivity contribution in [3.8, 4) is 23.0 Å². The van der Waals surface area contributed by atoms with Gasteiger partial charge in [-0.3, -0.25) is 0 Å². The fourth-order valence-corrected chi connectivity index (χ4v) is 1.74. The van der Waals surface area contributed by atoms with Crippen LogP contribution in [-0.2, 0) is 6.42 Å². The first-order valence-electron chi connectivity index (χ1n) is 5.15. The van der Waals surface area contributed by atoms with E-state index in [9.17, 15) is 0 Å². The van der Waals surface area contributed by atoms with Gasteiger partial charge in [0.25, 0.3) is 0 Å². The summed E-state index contributed by atoms with van der Waals surface area (Å²) in [6.07, 6.45) is 0.569. The number of halogens is 1. The van der Waals surface area contributed by atoms with Gasteiger partial charge < -0.3 is 13.9 Å². The van der Waals surface area contributed by atoms with Gasteiger partial charge in [-0.1, -0.05) is 0 Å². The largest absolute Gasteiger partial charge is 0.454 e. The number of ether oxygens (including phenoxy) is 2. The van der Waals surface area contributed by atoms with Crippen LogP contribution in [0, 0.1) is 0 Å². The zero-order valence-electron chi connectivity index (χ0n) is 8.85. The van der Waals surface area contributed by atoms with Gasteiger partial charge in [0.2, 0.25) is 18.6 Å². The van der Waals surface area contributed by atoms with Crippen LogP contribution in [0.3, 0.4) is 0 Å². The van der Waals surface area contributed by atoms with E-state index in [0.29, 0.717) is 29.8 Å². The van der Waals surface area contributed by atoms with Gasteiger partial charge in [0.15, 0.2) is 11.5 Å². The van der Waals surface area contributed by atoms with Gasteiger partial charge in [0.05, 0.1) is 0 Å². The summed E-state index contributed by atoms with van der Waals surface area (Å²) in [6, 6.07) is 5.49. The number of hydrogen-bond acceptors (Lipinski definition) is 5. The van der Waals surface area contributed by atoms with Crippen molar-refractivity contribution in [1.82, 2.24) is 10.2 Å². The predicted octanol–water partition coefficient (Wildman–Crippen LogP) is 2.25. The molecule has 0 atom stereocenters. The molecule has 0 radical (unpaired) electrons. The third-order valence-corrected chi connectivity index (χ3v) is 2.58. The summed E-state index contributed by atoms with van der Waals surface area (Å²) in [5, 5.41) is 7.86. The monoisotopic (exact) mass is 252 g/mol. The Bertz CT molecular complexity index is 541. The lowest BCUT2D eigenvalue weighted by Crippen LogP contribution is -1.92. The second-order valence-electron chi connectivity index (χ2n) is 3.51. The normalized spacial score (nSPS) is 13.0. The van der Waals surface area contributed by atoms with Crippen LogP contribution in [0.2, 0.25) is 0 Å². The molecule has 0 bridgehead atoms. The van der Waals surface area contributed by atoms with Crippen molar-refractivity contribution in [3.63, 3.8) is 0 Å². The van der Waals surface area contributed by atoms with E-state index in [1.54, 1.807) is 0 Å². The molecule has 1 aromatic heterocycles. The highest BCUT2D eigenvalue weighted by Gasteiger charge is 2.16. The zero-order valence-corrected chi connectivity index (χ0v) is 9.61. The van der Waals surface area contributed by atoms with Crippen molar-refractivity contribution >= 4 is 11.6 Å². The van der Waals surface area contributed by atoms with Gasteiger partial charge >= 0.3 is 0 Å². The number of fused-ring (bicyclic) bond motifs is 1. The Kier molecular flexibility index (Phi) is 2.60. The van der Waals surface area contributed by atoms with E-state index in [1.165, 1.54) is 0 Å². The minimum atomic E-state index is 0.250. The van der Waals surface area contributed by atoms with Gasteiger partial charge in [-0.05, 0) is 18.2 Å². The number of rotatable bonds is 3. The van der Waals surface area contributed by atoms with Gasteiger partial charge in [-0.25, -0.2) is 0 Å². The lowest BCUT2D eigenvalue weighted by molar-refractivity contribution is 0.174. The zero-order chi connectivity index (χ0) is 11.7. The van der Waals surface area contributed by atoms with Gasteiger partial charge in [0.1, 0.15) is 0 Å². The molecule has 88 valence electrons. The van der Waals surface area contributed by atoms with Crippen molar-refractivity contribution in [2.24, 2.45) is 0 Å². The number of aromatic nitrogens is 2. The van der Waals surface area contributed by atoms with Gasteiger partial charge in [-0.2, -0.15) is 0 Å². The van der Waals surface area contributed by atoms with Crippen molar-refractivity contribution in [1.29, 1.82) is 0 Å². The Morgan fingerprint density at radius 3 is 2.94 bits per heavy atom. The van der Waals surface area contributed by atoms with Crippen LogP contribution in [0.1, 0.15) is 5.89 Å². The highest BCUT2D eigenvalue weighted by atomic mass is 35.5. The van der Waals surface area contributed by atoms with Crippen LogP contribution in [-0.4, -0.2) is 22.9 Å². The Balaban J connectivity index is 1.92. The molecule has 2 aromatic rings. The average molecular weight is 253 g/mol. The molecule has 0 saturated heterocycles. The van der Waals surface area contributed by atoms with Crippen LogP contribution in [0.25, 0.3) is 11.5 Å². The lowest BCUT2D eigenvalue weighted by Gasteiger charge is -1.97. The number of aryl methyl sites for hydroxylation is 1. The molecule has 5 nitrogen and oxygen atoms in total. The summed E-state index contributed by atoms with van der Waals surface area (Å²) in [4.78, 5) is 0. The molecule has 1 aromatic carbocycles. The van der Waals surface area contributed by atoms with E-state index in [0.717, 1.165) is 11.3 Å². The fraction of sp³-hybridized carbons (Fsp3) is 0.273. The molecule has 0 aliphatic carbocycles. The maximum Gasteiger partial charge on any atom is 0.247 e. The molecule has 0 saturated carbocycles. The topological polar surface area (TPSA) is 57.4 Å². The molecular formula is C11H9ClN2O3. The minimum absolute atomic E-state index is 0.250. The highest BCUT2D eigenvalue weighted by molar-refractivity contribution is 6.17. The number of nitrogens with zero attached hydrogens (tertiary/aromatic N) is 2. The van der Waals surface area contributed by atoms with Gasteiger partial charge in [0, 0.05) is 17.9 Å². The third kappa shape index (κ3) is 1.93. The van der Waals surface area contributed by atoms with Crippen molar-refractivity contribution < 1.29 is 13.9 Å². The van der Waals surface area contributed by atoms with E-state index >= 15 is 0 Å². The Morgan fingerprint density at radius 2 is 2.06 bits per heavy atom. The summed E-state index contributed by atoms with van der Waals surface area (Å²) in [6.45, 7) is 0.250. The Morgan fingerprint density at radius 1 is 1.18 bits per heavy atom. The summed E-state index contributed by atoms with van der Waals surface area (Å²) >= 11 is 5.60. The van der Waals surface area contributed by atoms with Crippen molar-refractivity contribution in [2.75, 3.05) is 12.7 Å². The molecule has 0 unspecified atom stereocenters. The quantitative estimate of drug-likeness (QED) is 0.784. The summed E-state index contributed by atoms with van der Waals surface area (Å²) in [5.74, 6) is 2.88. The molecule has 1 aliphatic heterocycles. The SMILES string of the molecule is ClCCc1nnc(-c2ccc3c(c2)OCO3)o1. The summed E-state index contributed by atoms with van der Waals surface area (Å²) < 4.78 is 16.0. The summed E-state index contributed by atoms with van der Waals surface area (Å²) in [7, 11) is 0. The van der Waals surface area contributed by atoms with Crippen LogP contribution in [0.4, 0.5) is 0 Å². The average Bonchev–Trinajstić information content (AvgIpc) is 2.96. The first-order chi connectivity index (χ1) is 8.36. The summed E-state index contributed by atoms with van der Waals surface area (Å²) in [5.41, 5.74) is 0.808. The second-order valence-corrected chi connectivity index (χ2v) is 3.89. The standard InChI is InChI=1S/C11H9ClN2O3/c12-4-3-10-13-14-11(17-10)7-1-2-8-9(5-7)16-6-15-8/h1-2,5H,3-4,6H2. The molecule has 0 amide bonds. The van der Waals surface area contributed by atoms with E-state index in [2.05, 4.69) is 10.2 Å². The van der Waals surface area contributed by atoms with E-state index in [4.69, 9.17) is 25.5 Å². The molecule has 2 heterocycles. The lowest BCUT2D eigenvalue weighted by atomic mass is 10.2. The Hall–Kier alpha value is -1.75. The van der Waals surface area contributed by atoms with Crippen LogP contribution < -0.4 is 9.47 Å². The fourth-order valence-electron chi connectivity index (χ4n) is 1.58. The number of hydrogen-bond donors (Lipinski definition) is 0. The van der Waals surface area contributed by atoms with Crippen LogP contribution >= 0.6 is 11.6 Å². The van der Waals surface area contributed by atoms with E-state index < -0.39 is 0 Å². The van der Waals surface area contributed by atoms with Gasteiger partial charge in [-0.15, -0.1) is 21.8 Å². The maximum atomic E-state index is 5.60. The first kappa shape index (κ1) is 10.4.